The Bertz CT molecular complexity index is 997. The number of ketones is 1. The van der Waals surface area contributed by atoms with E-state index in [0.29, 0.717) is 24.1 Å². The van der Waals surface area contributed by atoms with Crippen molar-refractivity contribution in [3.05, 3.63) is 44.9 Å². The second kappa shape index (κ2) is 8.68. The van der Waals surface area contributed by atoms with Gasteiger partial charge in [-0.15, -0.1) is 11.3 Å². The number of aryl methyl sites for hydroxylation is 2. The van der Waals surface area contributed by atoms with Crippen LogP contribution in [0.2, 0.25) is 0 Å². The second-order valence-corrected chi connectivity index (χ2v) is 9.53. The number of carbonyl (C=O) groups is 3. The lowest BCUT2D eigenvalue weighted by Gasteiger charge is -2.27. The van der Waals surface area contributed by atoms with Crippen LogP contribution in [0.1, 0.15) is 63.3 Å². The minimum atomic E-state index is -0.883. The number of rotatable bonds is 6. The topological polar surface area (TPSA) is 96.4 Å². The molecule has 6 nitrogen and oxygen atoms in total. The molecule has 158 valence electrons. The number of hydrogen-bond acceptors (Lipinski definition) is 5. The van der Waals surface area contributed by atoms with Crippen molar-refractivity contribution < 1.29 is 19.5 Å². The molecule has 2 aromatic rings. The smallest absolute Gasteiger partial charge is 0.307 e. The van der Waals surface area contributed by atoms with Crippen molar-refractivity contribution in [3.8, 4) is 0 Å². The van der Waals surface area contributed by atoms with E-state index in [9.17, 15) is 19.5 Å². The van der Waals surface area contributed by atoms with E-state index in [4.69, 9.17) is 0 Å². The van der Waals surface area contributed by atoms with Gasteiger partial charge < -0.3 is 10.4 Å². The van der Waals surface area contributed by atoms with E-state index in [1.807, 2.05) is 13.0 Å². The Hall–Kier alpha value is -2.54. The predicted octanol–water partition coefficient (Wildman–Crippen LogP) is 4.20. The molecular weight excluding hydrogens is 400 g/mol. The number of fused-ring (bicyclic) bond motifs is 1. The quantitative estimate of drug-likeness (QED) is 0.722. The lowest BCUT2D eigenvalue weighted by molar-refractivity contribution is -0.148. The first-order valence-corrected chi connectivity index (χ1v) is 11.4. The van der Waals surface area contributed by atoms with Crippen LogP contribution in [-0.4, -0.2) is 27.8 Å². The zero-order valence-electron chi connectivity index (χ0n) is 17.1. The predicted molar refractivity (Wildman–Crippen MR) is 115 cm³/mol. The third-order valence-corrected chi connectivity index (χ3v) is 7.48. The van der Waals surface area contributed by atoms with E-state index in [1.165, 1.54) is 4.88 Å². The average molecular weight is 427 g/mol. The number of amides is 1. The number of thiophene rings is 1. The number of pyridine rings is 1. The summed E-state index contributed by atoms with van der Waals surface area (Å²) < 4.78 is 0. The van der Waals surface area contributed by atoms with E-state index >= 15 is 0 Å². The molecule has 0 radical (unpaired) electrons. The number of nitrogens with zero attached hydrogens (tertiary/aromatic N) is 1. The molecule has 0 aromatic carbocycles. The van der Waals surface area contributed by atoms with Crippen molar-refractivity contribution in [3.63, 3.8) is 0 Å². The Morgan fingerprint density at radius 1 is 1.13 bits per heavy atom. The molecule has 4 rings (SSSR count). The van der Waals surface area contributed by atoms with Crippen LogP contribution in [0, 0.1) is 18.8 Å². The number of carbonyl (C=O) groups excluding carboxylic acids is 2. The highest BCUT2D eigenvalue weighted by molar-refractivity contribution is 7.12. The summed E-state index contributed by atoms with van der Waals surface area (Å²) in [5.41, 5.74) is 3.26. The maximum Gasteiger partial charge on any atom is 0.307 e. The highest BCUT2D eigenvalue weighted by Gasteiger charge is 2.37. The molecular formula is C23H26N2O4S. The molecule has 2 aromatic heterocycles. The molecule has 0 saturated heterocycles. The van der Waals surface area contributed by atoms with Crippen molar-refractivity contribution in [2.24, 2.45) is 11.8 Å². The Balaban J connectivity index is 1.59. The Morgan fingerprint density at radius 2 is 1.90 bits per heavy atom. The molecule has 0 spiro atoms. The summed E-state index contributed by atoms with van der Waals surface area (Å²) in [5, 5.41) is 12.5. The van der Waals surface area contributed by atoms with E-state index in [2.05, 4.69) is 10.3 Å². The molecule has 30 heavy (non-hydrogen) atoms. The first-order valence-electron chi connectivity index (χ1n) is 10.6. The summed E-state index contributed by atoms with van der Waals surface area (Å²) in [4.78, 5) is 44.0. The molecule has 2 unspecified atom stereocenters. The maximum atomic E-state index is 13.2. The molecule has 1 saturated carbocycles. The maximum absolute atomic E-state index is 13.2. The highest BCUT2D eigenvalue weighted by atomic mass is 32.1. The first kappa shape index (κ1) is 20.7. The number of Topliss-reactive ketones (excluding diaryl/α,β-unsaturated/α-hetero) is 1. The fourth-order valence-electron chi connectivity index (χ4n) is 4.77. The number of hydrogen-bond donors (Lipinski definition) is 2. The van der Waals surface area contributed by atoms with Crippen LogP contribution in [0.5, 0.6) is 0 Å². The second-order valence-electron chi connectivity index (χ2n) is 8.34. The Kier molecular flexibility index (Phi) is 5.99. The van der Waals surface area contributed by atoms with Gasteiger partial charge in [0.2, 0.25) is 0 Å². The van der Waals surface area contributed by atoms with Gasteiger partial charge in [-0.2, -0.15) is 0 Å². The first-order chi connectivity index (χ1) is 14.4. The van der Waals surface area contributed by atoms with Crippen LogP contribution in [0.15, 0.2) is 18.5 Å². The van der Waals surface area contributed by atoms with E-state index in [1.54, 1.807) is 23.7 Å². The Labute approximate surface area is 179 Å². The molecule has 1 amide bonds. The van der Waals surface area contributed by atoms with E-state index in [-0.39, 0.29) is 18.1 Å². The van der Waals surface area contributed by atoms with Gasteiger partial charge in [-0.05, 0) is 56.2 Å². The summed E-state index contributed by atoms with van der Waals surface area (Å²) in [6.07, 6.45) is 9.19. The molecule has 0 aliphatic heterocycles. The summed E-state index contributed by atoms with van der Waals surface area (Å²) >= 11 is 1.55. The summed E-state index contributed by atoms with van der Waals surface area (Å²) in [7, 11) is 0. The molecule has 2 N–H and O–H groups in total. The number of anilines is 1. The fraction of sp³-hybridized carbons (Fsp3) is 0.478. The highest BCUT2D eigenvalue weighted by Crippen LogP contribution is 2.38. The summed E-state index contributed by atoms with van der Waals surface area (Å²) in [5.74, 6) is -2.19. The van der Waals surface area contributed by atoms with Crippen LogP contribution < -0.4 is 5.32 Å². The van der Waals surface area contributed by atoms with Gasteiger partial charge in [-0.3, -0.25) is 19.4 Å². The van der Waals surface area contributed by atoms with Gasteiger partial charge in [-0.25, -0.2) is 0 Å². The van der Waals surface area contributed by atoms with Gasteiger partial charge in [0.25, 0.3) is 5.91 Å². The number of aromatic nitrogens is 1. The normalized spacial score (nSPS) is 20.6. The van der Waals surface area contributed by atoms with Crippen LogP contribution in [0.4, 0.5) is 5.69 Å². The van der Waals surface area contributed by atoms with Crippen molar-refractivity contribution in [2.45, 2.75) is 58.3 Å². The third-order valence-electron chi connectivity index (χ3n) is 6.19. The largest absolute Gasteiger partial charge is 0.481 e. The minimum Gasteiger partial charge on any atom is -0.481 e. The van der Waals surface area contributed by atoms with Gasteiger partial charge >= 0.3 is 5.97 Å². The number of carboxylic acid groups (broad SMARTS) is 1. The molecule has 2 atom stereocenters. The van der Waals surface area contributed by atoms with Crippen molar-refractivity contribution in [2.75, 3.05) is 5.32 Å². The molecule has 2 heterocycles. The van der Waals surface area contributed by atoms with Gasteiger partial charge in [-0.1, -0.05) is 12.8 Å². The van der Waals surface area contributed by atoms with Crippen molar-refractivity contribution in [1.82, 2.24) is 4.98 Å². The summed E-state index contributed by atoms with van der Waals surface area (Å²) in [6.45, 7) is 1.91. The van der Waals surface area contributed by atoms with Gasteiger partial charge in [0.1, 0.15) is 5.78 Å². The van der Waals surface area contributed by atoms with Gasteiger partial charge in [0.15, 0.2) is 0 Å². The molecule has 2 aliphatic carbocycles. The lowest BCUT2D eigenvalue weighted by Crippen LogP contribution is -2.33. The number of nitrogens with one attached hydrogen (secondary N) is 1. The average Bonchev–Trinajstić information content (AvgIpc) is 3.28. The molecule has 1 fully saturated rings. The van der Waals surface area contributed by atoms with Gasteiger partial charge in [0.05, 0.1) is 23.4 Å². The lowest BCUT2D eigenvalue weighted by atomic mass is 9.76. The van der Waals surface area contributed by atoms with Crippen molar-refractivity contribution in [1.29, 1.82) is 0 Å². The molecule has 0 bridgehead atoms. The number of carboxylic acids is 1. The van der Waals surface area contributed by atoms with E-state index in [0.717, 1.165) is 48.1 Å². The van der Waals surface area contributed by atoms with Gasteiger partial charge in [0, 0.05) is 28.3 Å². The zero-order valence-corrected chi connectivity index (χ0v) is 17.9. The monoisotopic (exact) mass is 426 g/mol. The van der Waals surface area contributed by atoms with Crippen LogP contribution >= 0.6 is 11.3 Å². The molecule has 2 aliphatic rings. The standard InChI is InChI=1S/C23H26N2O4S/c1-13-9-14(12-24-11-13)25-22(27)21-17-7-4-8-19(17)30-20(21)10-18(26)15-5-2-3-6-16(15)23(28)29/h9,11-12,15-16H,2-8,10H2,1H3,(H,25,27)(H,28,29). The Morgan fingerprint density at radius 3 is 2.63 bits per heavy atom. The third kappa shape index (κ3) is 4.17. The molecule has 7 heteroatoms. The van der Waals surface area contributed by atoms with Crippen LogP contribution in [0.3, 0.4) is 0 Å². The SMILES string of the molecule is Cc1cncc(NC(=O)c2c(CC(=O)C3CCCCC3C(=O)O)sc3c2CCC3)c1. The van der Waals surface area contributed by atoms with Crippen molar-refractivity contribution >= 4 is 34.7 Å². The number of aliphatic carboxylic acids is 1. The minimum absolute atomic E-state index is 0.0479. The van der Waals surface area contributed by atoms with E-state index < -0.39 is 17.8 Å². The van der Waals surface area contributed by atoms with Crippen LogP contribution in [0.25, 0.3) is 0 Å². The zero-order chi connectivity index (χ0) is 21.3. The van der Waals surface area contributed by atoms with Crippen LogP contribution in [-0.2, 0) is 28.9 Å². The fourth-order valence-corrected chi connectivity index (χ4v) is 6.17. The summed E-state index contributed by atoms with van der Waals surface area (Å²) in [6, 6.07) is 1.86.